The van der Waals surface area contributed by atoms with Gasteiger partial charge in [-0.25, -0.2) is 4.79 Å². The van der Waals surface area contributed by atoms with E-state index in [1.54, 1.807) is 11.1 Å². The highest BCUT2D eigenvalue weighted by atomic mass is 16.4. The Morgan fingerprint density at radius 2 is 2.14 bits per heavy atom. The first-order valence-corrected chi connectivity index (χ1v) is 7.28. The van der Waals surface area contributed by atoms with E-state index in [2.05, 4.69) is 10.3 Å². The fourth-order valence-corrected chi connectivity index (χ4v) is 1.93. The quantitative estimate of drug-likeness (QED) is 0.681. The largest absolute Gasteiger partial charge is 0.481 e. The highest BCUT2D eigenvalue weighted by Crippen LogP contribution is 2.00. The van der Waals surface area contributed by atoms with Crippen molar-refractivity contribution < 1.29 is 14.7 Å². The summed E-state index contributed by atoms with van der Waals surface area (Å²) in [5.41, 5.74) is 0.956. The maximum absolute atomic E-state index is 12.0. The Balaban J connectivity index is 2.37. The number of rotatable bonds is 9. The van der Waals surface area contributed by atoms with Crippen LogP contribution in [0.15, 0.2) is 24.4 Å². The lowest BCUT2D eigenvalue weighted by Crippen LogP contribution is -2.42. The Hall–Kier alpha value is -2.11. The molecular weight excluding hydrogens is 270 g/mol. The summed E-state index contributed by atoms with van der Waals surface area (Å²) in [6, 6.07) is 5.59. The number of hydrogen-bond donors (Lipinski definition) is 2. The molecule has 1 aromatic heterocycles. The van der Waals surface area contributed by atoms with E-state index in [0.29, 0.717) is 32.5 Å². The van der Waals surface area contributed by atoms with Crippen LogP contribution in [-0.4, -0.2) is 46.6 Å². The summed E-state index contributed by atoms with van der Waals surface area (Å²) in [6.07, 6.45) is 3.85. The Labute approximate surface area is 125 Å². The Kier molecular flexibility index (Phi) is 7.86. The third-order valence-corrected chi connectivity index (χ3v) is 2.99. The molecule has 1 aromatic rings. The minimum absolute atomic E-state index is 0.0714. The maximum atomic E-state index is 12.0. The second kappa shape index (κ2) is 9.74. The van der Waals surface area contributed by atoms with Crippen molar-refractivity contribution in [2.24, 2.45) is 0 Å². The lowest BCUT2D eigenvalue weighted by molar-refractivity contribution is -0.137. The fourth-order valence-electron chi connectivity index (χ4n) is 1.93. The van der Waals surface area contributed by atoms with E-state index in [4.69, 9.17) is 5.11 Å². The van der Waals surface area contributed by atoms with Gasteiger partial charge in [-0.05, 0) is 25.0 Å². The van der Waals surface area contributed by atoms with Crippen LogP contribution in [-0.2, 0) is 11.2 Å². The second-order valence-corrected chi connectivity index (χ2v) is 4.79. The smallest absolute Gasteiger partial charge is 0.317 e. The molecule has 0 unspecified atom stereocenters. The van der Waals surface area contributed by atoms with Gasteiger partial charge in [0.25, 0.3) is 0 Å². The normalized spacial score (nSPS) is 10.1. The first kappa shape index (κ1) is 16.9. The Morgan fingerprint density at radius 3 is 2.76 bits per heavy atom. The number of carboxylic acid groups (broad SMARTS) is 1. The molecule has 21 heavy (non-hydrogen) atoms. The van der Waals surface area contributed by atoms with Crippen molar-refractivity contribution >= 4 is 12.0 Å². The van der Waals surface area contributed by atoms with Gasteiger partial charge in [-0.2, -0.15) is 0 Å². The monoisotopic (exact) mass is 293 g/mol. The fraction of sp³-hybridized carbons (Fsp3) is 0.533. The van der Waals surface area contributed by atoms with Gasteiger partial charge in [0.1, 0.15) is 0 Å². The summed E-state index contributed by atoms with van der Waals surface area (Å²) in [5, 5.41) is 11.3. The van der Waals surface area contributed by atoms with Gasteiger partial charge in [-0.1, -0.05) is 13.0 Å². The number of hydrogen-bond acceptors (Lipinski definition) is 3. The molecule has 0 saturated carbocycles. The van der Waals surface area contributed by atoms with Gasteiger partial charge in [0.05, 0.1) is 0 Å². The average Bonchev–Trinajstić information content (AvgIpc) is 2.48. The van der Waals surface area contributed by atoms with E-state index in [-0.39, 0.29) is 12.5 Å². The summed E-state index contributed by atoms with van der Waals surface area (Å²) in [4.78, 5) is 28.4. The third kappa shape index (κ3) is 7.29. The summed E-state index contributed by atoms with van der Waals surface area (Å²) in [7, 11) is 0. The number of pyridine rings is 1. The molecule has 0 atom stereocenters. The van der Waals surface area contributed by atoms with Crippen molar-refractivity contribution in [2.75, 3.05) is 19.6 Å². The summed E-state index contributed by atoms with van der Waals surface area (Å²) in [6.45, 7) is 3.69. The standard InChI is InChI=1S/C15H23N3O3/c1-2-11-18(12-8-13-6-3-4-9-16-13)15(21)17-10-5-7-14(19)20/h3-4,6,9H,2,5,7-8,10-12H2,1H3,(H,17,21)(H,19,20). The summed E-state index contributed by atoms with van der Waals surface area (Å²) < 4.78 is 0. The van der Waals surface area contributed by atoms with Crippen LogP contribution in [0.5, 0.6) is 0 Å². The number of carbonyl (C=O) groups excluding carboxylic acids is 1. The van der Waals surface area contributed by atoms with E-state index in [1.165, 1.54) is 0 Å². The van der Waals surface area contributed by atoms with Crippen molar-refractivity contribution in [3.8, 4) is 0 Å². The van der Waals surface area contributed by atoms with Gasteiger partial charge in [0.2, 0.25) is 0 Å². The predicted molar refractivity (Wildman–Crippen MR) is 80.1 cm³/mol. The lowest BCUT2D eigenvalue weighted by Gasteiger charge is -2.22. The highest BCUT2D eigenvalue weighted by molar-refractivity contribution is 5.74. The number of nitrogens with zero attached hydrogens (tertiary/aromatic N) is 2. The highest BCUT2D eigenvalue weighted by Gasteiger charge is 2.12. The molecule has 2 amide bonds. The summed E-state index contributed by atoms with van der Waals surface area (Å²) >= 11 is 0. The van der Waals surface area contributed by atoms with Gasteiger partial charge in [0, 0.05) is 44.4 Å². The zero-order chi connectivity index (χ0) is 15.5. The molecule has 2 N–H and O–H groups in total. The van der Waals surface area contributed by atoms with E-state index in [9.17, 15) is 9.59 Å². The molecule has 0 aliphatic heterocycles. The number of aromatic nitrogens is 1. The molecule has 0 bridgehead atoms. The van der Waals surface area contributed by atoms with Crippen LogP contribution in [0.25, 0.3) is 0 Å². The van der Waals surface area contributed by atoms with Gasteiger partial charge in [-0.3, -0.25) is 9.78 Å². The van der Waals surface area contributed by atoms with E-state index >= 15 is 0 Å². The first-order chi connectivity index (χ1) is 10.1. The zero-order valence-corrected chi connectivity index (χ0v) is 12.4. The van der Waals surface area contributed by atoms with Crippen molar-refractivity contribution in [3.05, 3.63) is 30.1 Å². The molecule has 0 spiro atoms. The number of carbonyl (C=O) groups is 2. The first-order valence-electron chi connectivity index (χ1n) is 7.28. The SMILES string of the molecule is CCCN(CCc1ccccn1)C(=O)NCCCC(=O)O. The molecule has 6 heteroatoms. The molecule has 0 saturated heterocycles. The molecule has 1 rings (SSSR count). The third-order valence-electron chi connectivity index (χ3n) is 2.99. The van der Waals surface area contributed by atoms with Crippen LogP contribution in [0.4, 0.5) is 4.79 Å². The van der Waals surface area contributed by atoms with Gasteiger partial charge < -0.3 is 15.3 Å². The topological polar surface area (TPSA) is 82.5 Å². The van der Waals surface area contributed by atoms with Crippen LogP contribution in [0.3, 0.4) is 0 Å². The van der Waals surface area contributed by atoms with Crippen molar-refractivity contribution in [2.45, 2.75) is 32.6 Å². The van der Waals surface area contributed by atoms with Gasteiger partial charge >= 0.3 is 12.0 Å². The number of carboxylic acids is 1. The zero-order valence-electron chi connectivity index (χ0n) is 12.4. The van der Waals surface area contributed by atoms with Crippen molar-refractivity contribution in [1.82, 2.24) is 15.2 Å². The van der Waals surface area contributed by atoms with E-state index in [0.717, 1.165) is 12.1 Å². The predicted octanol–water partition coefficient (Wildman–Crippen LogP) is 1.91. The second-order valence-electron chi connectivity index (χ2n) is 4.79. The molecule has 0 aliphatic carbocycles. The molecular formula is C15H23N3O3. The summed E-state index contributed by atoms with van der Waals surface area (Å²) in [5.74, 6) is -0.843. The average molecular weight is 293 g/mol. The molecule has 0 radical (unpaired) electrons. The van der Waals surface area contributed by atoms with Crippen LogP contribution in [0, 0.1) is 0 Å². The molecule has 116 valence electrons. The lowest BCUT2D eigenvalue weighted by atomic mass is 10.2. The van der Waals surface area contributed by atoms with E-state index < -0.39 is 5.97 Å². The van der Waals surface area contributed by atoms with Crippen LogP contribution >= 0.6 is 0 Å². The van der Waals surface area contributed by atoms with Gasteiger partial charge in [0.15, 0.2) is 0 Å². The Bertz CT molecular complexity index is 437. The van der Waals surface area contributed by atoms with Crippen molar-refractivity contribution in [1.29, 1.82) is 0 Å². The molecule has 0 aromatic carbocycles. The molecule has 0 aliphatic rings. The van der Waals surface area contributed by atoms with Gasteiger partial charge in [-0.15, -0.1) is 0 Å². The Morgan fingerprint density at radius 1 is 1.33 bits per heavy atom. The van der Waals surface area contributed by atoms with E-state index in [1.807, 2.05) is 25.1 Å². The maximum Gasteiger partial charge on any atom is 0.317 e. The van der Waals surface area contributed by atoms with Crippen LogP contribution in [0.2, 0.25) is 0 Å². The minimum Gasteiger partial charge on any atom is -0.481 e. The number of aliphatic carboxylic acids is 1. The van der Waals surface area contributed by atoms with Crippen LogP contribution in [0.1, 0.15) is 31.9 Å². The minimum atomic E-state index is -0.843. The molecule has 1 heterocycles. The number of urea groups is 1. The number of nitrogens with one attached hydrogen (secondary N) is 1. The van der Waals surface area contributed by atoms with Crippen LogP contribution < -0.4 is 5.32 Å². The number of amides is 2. The molecule has 0 fully saturated rings. The molecule has 6 nitrogen and oxygen atoms in total. The van der Waals surface area contributed by atoms with Crippen molar-refractivity contribution in [3.63, 3.8) is 0 Å².